The lowest BCUT2D eigenvalue weighted by molar-refractivity contribution is 0.0672. The van der Waals surface area contributed by atoms with Crippen LogP contribution in [0.25, 0.3) is 11.4 Å². The van der Waals surface area contributed by atoms with Gasteiger partial charge in [-0.05, 0) is 52.2 Å². The first kappa shape index (κ1) is 14.7. The summed E-state index contributed by atoms with van der Waals surface area (Å²) in [6.45, 7) is 5.91. The molecule has 1 N–H and O–H groups in total. The first-order chi connectivity index (χ1) is 9.47. The summed E-state index contributed by atoms with van der Waals surface area (Å²) < 4.78 is 2.19. The Morgan fingerprint density at radius 3 is 2.60 bits per heavy atom. The van der Waals surface area contributed by atoms with Gasteiger partial charge in [0.2, 0.25) is 0 Å². The third-order valence-corrected chi connectivity index (χ3v) is 3.49. The van der Waals surface area contributed by atoms with Gasteiger partial charge in [0.25, 0.3) is 0 Å². The normalized spacial score (nSPS) is 13.4. The Morgan fingerprint density at radius 1 is 1.25 bits per heavy atom. The summed E-state index contributed by atoms with van der Waals surface area (Å²) >= 11 is 0. The van der Waals surface area contributed by atoms with Crippen LogP contribution in [0.5, 0.6) is 0 Å². The molecule has 0 aliphatic heterocycles. The number of hydrogen-bond acceptors (Lipinski definition) is 3. The van der Waals surface area contributed by atoms with Crippen molar-refractivity contribution in [1.82, 2.24) is 14.5 Å². The van der Waals surface area contributed by atoms with E-state index in [1.807, 2.05) is 38.4 Å². The third-order valence-electron chi connectivity index (χ3n) is 3.49. The van der Waals surface area contributed by atoms with Gasteiger partial charge in [-0.3, -0.25) is 4.98 Å². The molecule has 2 rings (SSSR count). The van der Waals surface area contributed by atoms with Crippen molar-refractivity contribution in [2.45, 2.75) is 51.7 Å². The first-order valence-electron chi connectivity index (χ1n) is 7.13. The smallest absolute Gasteiger partial charge is 0.140 e. The average Bonchev–Trinajstić information content (AvgIpc) is 2.87. The Bertz CT molecular complexity index is 528. The summed E-state index contributed by atoms with van der Waals surface area (Å²) in [6.07, 6.45) is 10.3. The van der Waals surface area contributed by atoms with Crippen LogP contribution in [0.2, 0.25) is 0 Å². The molecule has 0 aromatic carbocycles. The van der Waals surface area contributed by atoms with Crippen molar-refractivity contribution in [2.75, 3.05) is 0 Å². The molecular formula is C16H23N3O. The highest BCUT2D eigenvalue weighted by Crippen LogP contribution is 2.24. The minimum atomic E-state index is -0.581. The van der Waals surface area contributed by atoms with Crippen molar-refractivity contribution in [2.24, 2.45) is 0 Å². The molecular weight excluding hydrogens is 250 g/mol. The van der Waals surface area contributed by atoms with E-state index in [1.165, 1.54) is 0 Å². The van der Waals surface area contributed by atoms with Crippen LogP contribution in [0.1, 0.15) is 46.1 Å². The minimum absolute atomic E-state index is 0.364. The molecule has 4 nitrogen and oxygen atoms in total. The second-order valence-electron chi connectivity index (χ2n) is 5.95. The van der Waals surface area contributed by atoms with E-state index in [9.17, 15) is 5.11 Å². The Morgan fingerprint density at radius 2 is 1.95 bits per heavy atom. The molecule has 4 heteroatoms. The van der Waals surface area contributed by atoms with Gasteiger partial charge in [-0.25, -0.2) is 4.98 Å². The Kier molecular flexibility index (Phi) is 4.55. The SMILES string of the molecule is C[C@@H](CCCC(C)(C)O)n1ccnc1-c1ccncc1. The number of aliphatic hydroxyl groups is 1. The van der Waals surface area contributed by atoms with Crippen LogP contribution in [-0.2, 0) is 0 Å². The van der Waals surface area contributed by atoms with Gasteiger partial charge in [-0.2, -0.15) is 0 Å². The Balaban J connectivity index is 2.05. The fourth-order valence-corrected chi connectivity index (χ4v) is 2.36. The molecule has 2 aromatic rings. The van der Waals surface area contributed by atoms with Gasteiger partial charge in [0.1, 0.15) is 5.82 Å². The topological polar surface area (TPSA) is 50.9 Å². The van der Waals surface area contributed by atoms with Gasteiger partial charge < -0.3 is 9.67 Å². The monoisotopic (exact) mass is 273 g/mol. The molecule has 2 heterocycles. The Hall–Kier alpha value is -1.68. The number of rotatable bonds is 6. The minimum Gasteiger partial charge on any atom is -0.390 e. The second-order valence-corrected chi connectivity index (χ2v) is 5.95. The van der Waals surface area contributed by atoms with E-state index in [-0.39, 0.29) is 0 Å². The molecule has 0 aliphatic rings. The quantitative estimate of drug-likeness (QED) is 0.877. The van der Waals surface area contributed by atoms with E-state index in [2.05, 4.69) is 21.5 Å². The predicted octanol–water partition coefficient (Wildman–Crippen LogP) is 3.45. The van der Waals surface area contributed by atoms with Crippen LogP contribution in [0.4, 0.5) is 0 Å². The van der Waals surface area contributed by atoms with Gasteiger partial charge in [0.15, 0.2) is 0 Å². The van der Waals surface area contributed by atoms with Crippen LogP contribution >= 0.6 is 0 Å². The van der Waals surface area contributed by atoms with E-state index in [0.717, 1.165) is 30.7 Å². The molecule has 1 atom stereocenters. The molecule has 0 saturated heterocycles. The van der Waals surface area contributed by atoms with Crippen molar-refractivity contribution in [3.05, 3.63) is 36.9 Å². The zero-order chi connectivity index (χ0) is 14.6. The lowest BCUT2D eigenvalue weighted by Crippen LogP contribution is -2.18. The van der Waals surface area contributed by atoms with Crippen molar-refractivity contribution in [1.29, 1.82) is 0 Å². The van der Waals surface area contributed by atoms with Crippen LogP contribution in [0.15, 0.2) is 36.9 Å². The van der Waals surface area contributed by atoms with Gasteiger partial charge in [-0.1, -0.05) is 0 Å². The van der Waals surface area contributed by atoms with Gasteiger partial charge in [0, 0.05) is 36.4 Å². The molecule has 0 bridgehead atoms. The maximum atomic E-state index is 9.77. The van der Waals surface area contributed by atoms with Crippen molar-refractivity contribution in [3.8, 4) is 11.4 Å². The summed E-state index contributed by atoms with van der Waals surface area (Å²) in [5.74, 6) is 0.975. The second kappa shape index (κ2) is 6.18. The van der Waals surface area contributed by atoms with E-state index in [0.29, 0.717) is 6.04 Å². The van der Waals surface area contributed by atoms with Crippen LogP contribution in [0.3, 0.4) is 0 Å². The molecule has 108 valence electrons. The number of nitrogens with zero attached hydrogens (tertiary/aromatic N) is 3. The van der Waals surface area contributed by atoms with E-state index < -0.39 is 5.60 Å². The predicted molar refractivity (Wildman–Crippen MR) is 80.3 cm³/mol. The molecule has 20 heavy (non-hydrogen) atoms. The van der Waals surface area contributed by atoms with E-state index in [1.54, 1.807) is 12.4 Å². The van der Waals surface area contributed by atoms with Gasteiger partial charge in [0.05, 0.1) is 5.60 Å². The largest absolute Gasteiger partial charge is 0.390 e. The molecule has 0 spiro atoms. The van der Waals surface area contributed by atoms with Crippen molar-refractivity contribution in [3.63, 3.8) is 0 Å². The third kappa shape index (κ3) is 3.90. The first-order valence-corrected chi connectivity index (χ1v) is 7.13. The highest BCUT2D eigenvalue weighted by Gasteiger charge is 2.15. The summed E-state index contributed by atoms with van der Waals surface area (Å²) in [6, 6.07) is 4.31. The molecule has 0 radical (unpaired) electrons. The van der Waals surface area contributed by atoms with Gasteiger partial charge >= 0.3 is 0 Å². The number of aromatic nitrogens is 3. The molecule has 0 amide bonds. The Labute approximate surface area is 120 Å². The molecule has 0 saturated carbocycles. The number of hydrogen-bond donors (Lipinski definition) is 1. The maximum absolute atomic E-state index is 9.77. The molecule has 2 aromatic heterocycles. The summed E-state index contributed by atoms with van der Waals surface area (Å²) in [5, 5.41) is 9.77. The number of imidazole rings is 1. The standard InChI is InChI=1S/C16H23N3O/c1-13(5-4-8-16(2,3)20)19-12-11-18-15(19)14-6-9-17-10-7-14/h6-7,9-13,20H,4-5,8H2,1-3H3/t13-/m0/s1. The maximum Gasteiger partial charge on any atom is 0.140 e. The lowest BCUT2D eigenvalue weighted by atomic mass is 9.99. The van der Waals surface area contributed by atoms with E-state index >= 15 is 0 Å². The fraction of sp³-hybridized carbons (Fsp3) is 0.500. The van der Waals surface area contributed by atoms with Crippen molar-refractivity contribution >= 4 is 0 Å². The molecule has 0 unspecified atom stereocenters. The lowest BCUT2D eigenvalue weighted by Gasteiger charge is -2.20. The van der Waals surface area contributed by atoms with Crippen molar-refractivity contribution < 1.29 is 5.11 Å². The van der Waals surface area contributed by atoms with Crippen LogP contribution < -0.4 is 0 Å². The summed E-state index contributed by atoms with van der Waals surface area (Å²) in [4.78, 5) is 8.49. The summed E-state index contributed by atoms with van der Waals surface area (Å²) in [5.41, 5.74) is 0.502. The highest BCUT2D eigenvalue weighted by atomic mass is 16.3. The van der Waals surface area contributed by atoms with E-state index in [4.69, 9.17) is 0 Å². The zero-order valence-electron chi connectivity index (χ0n) is 12.5. The zero-order valence-corrected chi connectivity index (χ0v) is 12.5. The van der Waals surface area contributed by atoms with Crippen LogP contribution in [0, 0.1) is 0 Å². The fourth-order valence-electron chi connectivity index (χ4n) is 2.36. The highest BCUT2D eigenvalue weighted by molar-refractivity contribution is 5.54. The van der Waals surface area contributed by atoms with Gasteiger partial charge in [-0.15, -0.1) is 0 Å². The van der Waals surface area contributed by atoms with Crippen LogP contribution in [-0.4, -0.2) is 25.2 Å². The number of pyridine rings is 1. The molecule has 0 fully saturated rings. The average molecular weight is 273 g/mol. The summed E-state index contributed by atoms with van der Waals surface area (Å²) in [7, 11) is 0. The molecule has 0 aliphatic carbocycles.